The van der Waals surface area contributed by atoms with E-state index in [1.165, 1.54) is 4.57 Å². The van der Waals surface area contributed by atoms with Gasteiger partial charge in [0.2, 0.25) is 0 Å². The highest BCUT2D eigenvalue weighted by atomic mass is 79.9. The van der Waals surface area contributed by atoms with Gasteiger partial charge in [0.25, 0.3) is 5.56 Å². The van der Waals surface area contributed by atoms with E-state index < -0.39 is 0 Å². The molecule has 0 amide bonds. The van der Waals surface area contributed by atoms with Crippen molar-refractivity contribution in [3.8, 4) is 11.4 Å². The lowest BCUT2D eigenvalue weighted by molar-refractivity contribution is 0.475. The number of halogens is 1. The van der Waals surface area contributed by atoms with Crippen molar-refractivity contribution in [1.29, 1.82) is 0 Å². The minimum absolute atomic E-state index is 0.125. The molecular weight excluding hydrogens is 320 g/mol. The molecule has 0 aliphatic heterocycles. The van der Waals surface area contributed by atoms with Gasteiger partial charge in [-0.3, -0.25) is 9.36 Å². The number of phenols is 1. The third-order valence-electron chi connectivity index (χ3n) is 3.11. The van der Waals surface area contributed by atoms with Gasteiger partial charge in [0, 0.05) is 4.47 Å². The van der Waals surface area contributed by atoms with E-state index in [-0.39, 0.29) is 11.3 Å². The number of aromatic nitrogens is 2. The fourth-order valence-electron chi connectivity index (χ4n) is 2.17. The summed E-state index contributed by atoms with van der Waals surface area (Å²) in [6.45, 7) is 1.79. The van der Waals surface area contributed by atoms with Gasteiger partial charge in [-0.25, -0.2) is 4.98 Å². The van der Waals surface area contributed by atoms with E-state index in [9.17, 15) is 9.90 Å². The van der Waals surface area contributed by atoms with Crippen LogP contribution in [0.25, 0.3) is 16.6 Å². The minimum atomic E-state index is -0.125. The minimum Gasteiger partial charge on any atom is -0.508 e. The zero-order valence-electron chi connectivity index (χ0n) is 10.7. The normalized spacial score (nSPS) is 10.9. The van der Waals surface area contributed by atoms with Gasteiger partial charge in [-0.05, 0) is 49.4 Å². The van der Waals surface area contributed by atoms with Crippen LogP contribution in [-0.2, 0) is 0 Å². The molecule has 4 nitrogen and oxygen atoms in total. The summed E-state index contributed by atoms with van der Waals surface area (Å²) >= 11 is 3.37. The van der Waals surface area contributed by atoms with Crippen molar-refractivity contribution >= 4 is 26.8 Å². The number of hydrogen-bond acceptors (Lipinski definition) is 3. The van der Waals surface area contributed by atoms with Crippen LogP contribution in [0.3, 0.4) is 0 Å². The zero-order chi connectivity index (χ0) is 14.3. The van der Waals surface area contributed by atoms with Crippen molar-refractivity contribution in [3.05, 3.63) is 63.1 Å². The van der Waals surface area contributed by atoms with Crippen LogP contribution in [0.5, 0.6) is 5.75 Å². The van der Waals surface area contributed by atoms with Gasteiger partial charge >= 0.3 is 0 Å². The lowest BCUT2D eigenvalue weighted by atomic mass is 10.2. The molecule has 0 saturated carbocycles. The molecule has 3 aromatic rings. The summed E-state index contributed by atoms with van der Waals surface area (Å²) in [6, 6.07) is 11.9. The first-order valence-corrected chi connectivity index (χ1v) is 6.84. The molecule has 0 radical (unpaired) electrons. The highest BCUT2D eigenvalue weighted by molar-refractivity contribution is 9.10. The number of rotatable bonds is 1. The van der Waals surface area contributed by atoms with Crippen LogP contribution in [0.1, 0.15) is 5.82 Å². The molecule has 0 aliphatic rings. The number of fused-ring (bicyclic) bond motifs is 1. The summed E-state index contributed by atoms with van der Waals surface area (Å²) in [5.41, 5.74) is 1.23. The molecular formula is C15H11BrN2O2. The van der Waals surface area contributed by atoms with Crippen LogP contribution in [0.15, 0.2) is 51.7 Å². The van der Waals surface area contributed by atoms with Crippen LogP contribution in [0, 0.1) is 6.92 Å². The maximum atomic E-state index is 12.6. The first-order chi connectivity index (χ1) is 9.56. The highest BCUT2D eigenvalue weighted by Gasteiger charge is 2.10. The Labute approximate surface area is 123 Å². The van der Waals surface area contributed by atoms with Gasteiger partial charge in [0.15, 0.2) is 0 Å². The fraction of sp³-hybridized carbons (Fsp3) is 0.0667. The Hall–Kier alpha value is -2.14. The molecule has 0 spiro atoms. The topological polar surface area (TPSA) is 55.1 Å². The SMILES string of the molecule is Cc1nc2ccc(Br)cc2c(=O)n1-c1ccc(O)cc1. The van der Waals surface area contributed by atoms with Gasteiger partial charge < -0.3 is 5.11 Å². The lowest BCUT2D eigenvalue weighted by Gasteiger charge is -2.11. The van der Waals surface area contributed by atoms with Crippen LogP contribution >= 0.6 is 15.9 Å². The summed E-state index contributed by atoms with van der Waals surface area (Å²) in [7, 11) is 0. The van der Waals surface area contributed by atoms with Gasteiger partial charge in [-0.1, -0.05) is 15.9 Å². The van der Waals surface area contributed by atoms with Gasteiger partial charge in [-0.2, -0.15) is 0 Å². The molecule has 5 heteroatoms. The average molecular weight is 331 g/mol. The Morgan fingerprint density at radius 3 is 2.55 bits per heavy atom. The molecule has 1 aromatic heterocycles. The number of nitrogens with zero attached hydrogens (tertiary/aromatic N) is 2. The first kappa shape index (κ1) is 12.9. The molecule has 20 heavy (non-hydrogen) atoms. The van der Waals surface area contributed by atoms with E-state index >= 15 is 0 Å². The van der Waals surface area contributed by atoms with Crippen molar-refractivity contribution in [1.82, 2.24) is 9.55 Å². The number of aromatic hydroxyl groups is 1. The molecule has 0 fully saturated rings. The van der Waals surface area contributed by atoms with E-state index in [1.54, 1.807) is 37.3 Å². The Bertz CT molecular complexity index is 854. The molecule has 1 heterocycles. The van der Waals surface area contributed by atoms with Gasteiger partial charge in [0.05, 0.1) is 16.6 Å². The molecule has 0 saturated heterocycles. The Kier molecular flexibility index (Phi) is 3.06. The smallest absolute Gasteiger partial charge is 0.265 e. The Balaban J connectivity index is 2.36. The Morgan fingerprint density at radius 2 is 1.85 bits per heavy atom. The monoisotopic (exact) mass is 330 g/mol. The quantitative estimate of drug-likeness (QED) is 0.745. The second kappa shape index (κ2) is 4.76. The molecule has 2 aromatic carbocycles. The summed E-state index contributed by atoms with van der Waals surface area (Å²) < 4.78 is 2.37. The van der Waals surface area contributed by atoms with Crippen molar-refractivity contribution in [2.45, 2.75) is 6.92 Å². The van der Waals surface area contributed by atoms with Crippen molar-refractivity contribution in [3.63, 3.8) is 0 Å². The largest absolute Gasteiger partial charge is 0.508 e. The first-order valence-electron chi connectivity index (χ1n) is 6.04. The zero-order valence-corrected chi connectivity index (χ0v) is 12.3. The van der Waals surface area contributed by atoms with Gasteiger partial charge in [-0.15, -0.1) is 0 Å². The van der Waals surface area contributed by atoms with Crippen LogP contribution in [-0.4, -0.2) is 14.7 Å². The number of phenolic OH excluding ortho intramolecular Hbond substituents is 1. The molecule has 0 bridgehead atoms. The van der Waals surface area contributed by atoms with Crippen molar-refractivity contribution < 1.29 is 5.11 Å². The molecule has 0 unspecified atom stereocenters. The second-order valence-corrected chi connectivity index (χ2v) is 5.39. The number of hydrogen-bond donors (Lipinski definition) is 1. The number of benzene rings is 2. The van der Waals surface area contributed by atoms with Gasteiger partial charge in [0.1, 0.15) is 11.6 Å². The standard InChI is InChI=1S/C15H11BrN2O2/c1-9-17-14-7-2-10(16)8-13(14)15(20)18(9)11-3-5-12(19)6-4-11/h2-8,19H,1H3. The second-order valence-electron chi connectivity index (χ2n) is 4.48. The summed E-state index contributed by atoms with van der Waals surface area (Å²) in [4.78, 5) is 17.1. The predicted octanol–water partition coefficient (Wildman–Crippen LogP) is 3.16. The van der Waals surface area contributed by atoms with Crippen LogP contribution < -0.4 is 5.56 Å². The molecule has 100 valence electrons. The maximum Gasteiger partial charge on any atom is 0.265 e. The predicted molar refractivity (Wildman–Crippen MR) is 81.4 cm³/mol. The molecule has 0 aliphatic carbocycles. The number of aryl methyl sites for hydroxylation is 1. The van der Waals surface area contributed by atoms with E-state index in [0.717, 1.165) is 4.47 Å². The highest BCUT2D eigenvalue weighted by Crippen LogP contribution is 2.18. The van der Waals surface area contributed by atoms with E-state index in [4.69, 9.17) is 0 Å². The maximum absolute atomic E-state index is 12.6. The molecule has 3 rings (SSSR count). The van der Waals surface area contributed by atoms with Crippen molar-refractivity contribution in [2.75, 3.05) is 0 Å². The third kappa shape index (κ3) is 2.10. The van der Waals surface area contributed by atoms with E-state index in [2.05, 4.69) is 20.9 Å². The average Bonchev–Trinajstić information content (AvgIpc) is 2.42. The van der Waals surface area contributed by atoms with Crippen molar-refractivity contribution in [2.24, 2.45) is 0 Å². The van der Waals surface area contributed by atoms with Crippen LogP contribution in [0.4, 0.5) is 0 Å². The van der Waals surface area contributed by atoms with Crippen LogP contribution in [0.2, 0.25) is 0 Å². The molecule has 0 atom stereocenters. The molecule has 1 N–H and O–H groups in total. The van der Waals surface area contributed by atoms with E-state index in [1.807, 2.05) is 12.1 Å². The lowest BCUT2D eigenvalue weighted by Crippen LogP contribution is -2.22. The Morgan fingerprint density at radius 1 is 1.15 bits per heavy atom. The summed E-state index contributed by atoms with van der Waals surface area (Å²) in [6.07, 6.45) is 0. The third-order valence-corrected chi connectivity index (χ3v) is 3.60. The summed E-state index contributed by atoms with van der Waals surface area (Å²) in [5.74, 6) is 0.770. The fourth-order valence-corrected chi connectivity index (χ4v) is 2.54. The van der Waals surface area contributed by atoms with E-state index in [0.29, 0.717) is 22.4 Å². The summed E-state index contributed by atoms with van der Waals surface area (Å²) in [5, 5.41) is 9.89.